The number of aromatic nitrogens is 1. The monoisotopic (exact) mass is 410 g/mol. The van der Waals surface area contributed by atoms with Gasteiger partial charge in [0, 0.05) is 18.0 Å². The fourth-order valence-corrected chi connectivity index (χ4v) is 3.53. The van der Waals surface area contributed by atoms with Crippen LogP contribution in [0.15, 0.2) is 83.1 Å². The molecule has 0 unspecified atom stereocenters. The first-order chi connectivity index (χ1) is 14.0. The van der Waals surface area contributed by atoms with E-state index in [4.69, 9.17) is 4.74 Å². The molecule has 0 saturated carbocycles. The van der Waals surface area contributed by atoms with Crippen LogP contribution in [0.3, 0.4) is 0 Å². The lowest BCUT2D eigenvalue weighted by Gasteiger charge is -2.12. The number of nitrogens with zero attached hydrogens (tertiary/aromatic N) is 2. The van der Waals surface area contributed by atoms with Crippen LogP contribution >= 0.6 is 0 Å². The minimum atomic E-state index is -3.92. The molecule has 0 fully saturated rings. The Morgan fingerprint density at radius 1 is 1.07 bits per heavy atom. The van der Waals surface area contributed by atoms with Gasteiger partial charge in [-0.3, -0.25) is 14.5 Å². The molecular formula is C20H18N4O4S. The van der Waals surface area contributed by atoms with Crippen molar-refractivity contribution in [2.24, 2.45) is 5.10 Å². The predicted octanol–water partition coefficient (Wildman–Crippen LogP) is 2.65. The first-order valence-corrected chi connectivity index (χ1v) is 9.97. The minimum Gasteiger partial charge on any atom is -0.495 e. The molecule has 0 aliphatic rings. The Balaban J connectivity index is 1.76. The average molecular weight is 410 g/mol. The van der Waals surface area contributed by atoms with Crippen molar-refractivity contribution in [3.63, 3.8) is 0 Å². The fraction of sp³-hybridized carbons (Fsp3) is 0.0500. The molecular weight excluding hydrogens is 392 g/mol. The molecule has 0 spiro atoms. The number of amides is 1. The molecule has 9 heteroatoms. The zero-order valence-corrected chi connectivity index (χ0v) is 16.3. The highest BCUT2D eigenvalue weighted by Gasteiger charge is 2.18. The number of rotatable bonds is 7. The van der Waals surface area contributed by atoms with Gasteiger partial charge in [-0.25, -0.2) is 13.8 Å². The number of hydrazone groups is 1. The van der Waals surface area contributed by atoms with Gasteiger partial charge in [0.25, 0.3) is 15.9 Å². The van der Waals surface area contributed by atoms with Crippen LogP contribution in [0.1, 0.15) is 15.9 Å². The van der Waals surface area contributed by atoms with Crippen molar-refractivity contribution in [1.29, 1.82) is 0 Å². The summed E-state index contributed by atoms with van der Waals surface area (Å²) in [7, 11) is -2.47. The van der Waals surface area contributed by atoms with Gasteiger partial charge in [-0.2, -0.15) is 5.10 Å². The highest BCUT2D eigenvalue weighted by Crippen LogP contribution is 2.26. The van der Waals surface area contributed by atoms with Crippen LogP contribution in [0.4, 0.5) is 5.69 Å². The van der Waals surface area contributed by atoms with Gasteiger partial charge in [0.05, 0.1) is 23.9 Å². The van der Waals surface area contributed by atoms with E-state index in [1.807, 2.05) is 0 Å². The van der Waals surface area contributed by atoms with E-state index < -0.39 is 15.9 Å². The van der Waals surface area contributed by atoms with Gasteiger partial charge in [0.15, 0.2) is 0 Å². The van der Waals surface area contributed by atoms with Crippen molar-refractivity contribution in [3.8, 4) is 5.75 Å². The third-order valence-electron chi connectivity index (χ3n) is 3.84. The molecule has 2 N–H and O–H groups in total. The number of hydrogen-bond donors (Lipinski definition) is 2. The second-order valence-corrected chi connectivity index (χ2v) is 7.50. The summed E-state index contributed by atoms with van der Waals surface area (Å²) in [5.41, 5.74) is 3.58. The van der Waals surface area contributed by atoms with Gasteiger partial charge in [0.1, 0.15) is 5.75 Å². The summed E-state index contributed by atoms with van der Waals surface area (Å²) < 4.78 is 33.0. The SMILES string of the molecule is COc1ccccc1NS(=O)(=O)c1cccc(C(=O)N/N=C/c2ccncc2)c1. The summed E-state index contributed by atoms with van der Waals surface area (Å²) in [6.45, 7) is 0. The van der Waals surface area contributed by atoms with Crippen LogP contribution < -0.4 is 14.9 Å². The summed E-state index contributed by atoms with van der Waals surface area (Å²) >= 11 is 0. The summed E-state index contributed by atoms with van der Waals surface area (Å²) in [4.78, 5) is 16.1. The zero-order valence-electron chi connectivity index (χ0n) is 15.4. The van der Waals surface area contributed by atoms with E-state index in [0.717, 1.165) is 5.56 Å². The molecule has 3 rings (SSSR count). The minimum absolute atomic E-state index is 0.0610. The molecule has 29 heavy (non-hydrogen) atoms. The van der Waals surface area contributed by atoms with Gasteiger partial charge in [-0.15, -0.1) is 0 Å². The highest BCUT2D eigenvalue weighted by atomic mass is 32.2. The van der Waals surface area contributed by atoms with Gasteiger partial charge in [0.2, 0.25) is 0 Å². The molecule has 0 aliphatic heterocycles. The number of anilines is 1. The number of sulfonamides is 1. The maximum Gasteiger partial charge on any atom is 0.271 e. The molecule has 0 atom stereocenters. The zero-order chi connectivity index (χ0) is 20.7. The van der Waals surface area contributed by atoms with Crippen molar-refractivity contribution in [1.82, 2.24) is 10.4 Å². The number of nitrogens with one attached hydrogen (secondary N) is 2. The van der Waals surface area contributed by atoms with E-state index in [9.17, 15) is 13.2 Å². The molecule has 8 nitrogen and oxygen atoms in total. The van der Waals surface area contributed by atoms with Gasteiger partial charge < -0.3 is 4.74 Å². The third-order valence-corrected chi connectivity index (χ3v) is 5.21. The quantitative estimate of drug-likeness (QED) is 0.460. The van der Waals surface area contributed by atoms with Crippen LogP contribution in [-0.4, -0.2) is 32.6 Å². The van der Waals surface area contributed by atoms with Crippen molar-refractivity contribution >= 4 is 27.8 Å². The summed E-state index contributed by atoms with van der Waals surface area (Å²) in [5, 5.41) is 3.87. The van der Waals surface area contributed by atoms with Gasteiger partial charge >= 0.3 is 0 Å². The van der Waals surface area contributed by atoms with E-state index in [-0.39, 0.29) is 10.5 Å². The summed E-state index contributed by atoms with van der Waals surface area (Å²) in [6, 6.07) is 15.8. The normalized spacial score (nSPS) is 11.2. The molecule has 0 aliphatic carbocycles. The Hall–Kier alpha value is -3.72. The van der Waals surface area contributed by atoms with Gasteiger partial charge in [-0.1, -0.05) is 18.2 Å². The number of para-hydroxylation sites is 2. The van der Waals surface area contributed by atoms with Crippen molar-refractivity contribution < 1.29 is 17.9 Å². The van der Waals surface area contributed by atoms with Crippen molar-refractivity contribution in [2.75, 3.05) is 11.8 Å². The maximum absolute atomic E-state index is 12.7. The first-order valence-electron chi connectivity index (χ1n) is 8.49. The van der Waals surface area contributed by atoms with E-state index in [0.29, 0.717) is 11.4 Å². The lowest BCUT2D eigenvalue weighted by atomic mass is 10.2. The van der Waals surface area contributed by atoms with Crippen LogP contribution in [-0.2, 0) is 10.0 Å². The summed E-state index contributed by atoms with van der Waals surface area (Å²) in [6.07, 6.45) is 4.67. The van der Waals surface area contributed by atoms with E-state index in [2.05, 4.69) is 20.2 Å². The number of carbonyl (C=O) groups excluding carboxylic acids is 1. The number of carbonyl (C=O) groups is 1. The molecule has 148 valence electrons. The predicted molar refractivity (Wildman–Crippen MR) is 110 cm³/mol. The molecule has 1 aromatic heterocycles. The lowest BCUT2D eigenvalue weighted by Crippen LogP contribution is -2.19. The van der Waals surface area contributed by atoms with Crippen LogP contribution in [0.5, 0.6) is 5.75 Å². The Bertz CT molecular complexity index is 1130. The number of methoxy groups -OCH3 is 1. The van der Waals surface area contributed by atoms with Crippen LogP contribution in [0.2, 0.25) is 0 Å². The second kappa shape index (κ2) is 8.98. The Morgan fingerprint density at radius 3 is 2.59 bits per heavy atom. The number of ether oxygens (including phenoxy) is 1. The van der Waals surface area contributed by atoms with Crippen LogP contribution in [0, 0.1) is 0 Å². The first kappa shape index (κ1) is 20.0. The second-order valence-electron chi connectivity index (χ2n) is 5.81. The number of hydrogen-bond acceptors (Lipinski definition) is 6. The number of benzene rings is 2. The third kappa shape index (κ3) is 5.17. The topological polar surface area (TPSA) is 110 Å². The number of pyridine rings is 1. The van der Waals surface area contributed by atoms with E-state index in [1.54, 1.807) is 48.8 Å². The highest BCUT2D eigenvalue weighted by molar-refractivity contribution is 7.92. The summed E-state index contributed by atoms with van der Waals surface area (Å²) in [5.74, 6) is -0.153. The Morgan fingerprint density at radius 2 is 1.83 bits per heavy atom. The molecule has 0 radical (unpaired) electrons. The van der Waals surface area contributed by atoms with Crippen LogP contribution in [0.25, 0.3) is 0 Å². The van der Waals surface area contributed by atoms with Gasteiger partial charge in [-0.05, 0) is 48.0 Å². The van der Waals surface area contributed by atoms with E-state index >= 15 is 0 Å². The molecule has 0 bridgehead atoms. The Labute approximate surface area is 168 Å². The molecule has 0 saturated heterocycles. The van der Waals surface area contributed by atoms with Crippen molar-refractivity contribution in [3.05, 3.63) is 84.2 Å². The van der Waals surface area contributed by atoms with E-state index in [1.165, 1.54) is 37.6 Å². The fourth-order valence-electron chi connectivity index (χ4n) is 2.42. The molecule has 1 amide bonds. The smallest absolute Gasteiger partial charge is 0.271 e. The standard InChI is InChI=1S/C20H18N4O4S/c1-28-19-8-3-2-7-18(19)24-29(26,27)17-6-4-5-16(13-17)20(25)23-22-14-15-9-11-21-12-10-15/h2-14,24H,1H3,(H,23,25)/b22-14+. The molecule has 3 aromatic rings. The molecule has 2 aromatic carbocycles. The average Bonchev–Trinajstić information content (AvgIpc) is 2.74. The largest absolute Gasteiger partial charge is 0.495 e. The lowest BCUT2D eigenvalue weighted by molar-refractivity contribution is 0.0955. The molecule has 1 heterocycles. The van der Waals surface area contributed by atoms with Crippen molar-refractivity contribution in [2.45, 2.75) is 4.90 Å². The maximum atomic E-state index is 12.7. The Kier molecular flexibility index (Phi) is 6.20.